The summed E-state index contributed by atoms with van der Waals surface area (Å²) in [5.74, 6) is 0.925. The summed E-state index contributed by atoms with van der Waals surface area (Å²) in [5.41, 5.74) is 0.526. The van der Waals surface area contributed by atoms with E-state index in [2.05, 4.69) is 9.88 Å². The maximum absolute atomic E-state index is 12.7. The Kier molecular flexibility index (Phi) is 4.34. The molecular weight excluding hydrogens is 312 g/mol. The van der Waals surface area contributed by atoms with Crippen molar-refractivity contribution in [2.24, 2.45) is 0 Å². The number of ether oxygens (including phenoxy) is 1. The van der Waals surface area contributed by atoms with Crippen molar-refractivity contribution >= 4 is 22.6 Å². The van der Waals surface area contributed by atoms with E-state index in [-0.39, 0.29) is 5.97 Å². The van der Waals surface area contributed by atoms with E-state index in [0.717, 1.165) is 42.5 Å². The SMILES string of the molecule is O=C(Oc1ccc2ccccc2c1)c1cccnc1N1CCCCC1. The number of rotatable bonds is 3. The number of carbonyl (C=O) groups excluding carboxylic acids is 1. The lowest BCUT2D eigenvalue weighted by atomic mass is 10.1. The lowest BCUT2D eigenvalue weighted by molar-refractivity contribution is 0.0735. The smallest absolute Gasteiger partial charge is 0.347 e. The highest BCUT2D eigenvalue weighted by Crippen LogP contribution is 2.25. The Morgan fingerprint density at radius 1 is 0.920 bits per heavy atom. The maximum Gasteiger partial charge on any atom is 0.347 e. The monoisotopic (exact) mass is 332 g/mol. The van der Waals surface area contributed by atoms with E-state index in [1.54, 1.807) is 18.3 Å². The third kappa shape index (κ3) is 3.33. The molecule has 0 spiro atoms. The predicted molar refractivity (Wildman–Crippen MR) is 99.2 cm³/mol. The van der Waals surface area contributed by atoms with Crippen LogP contribution in [0.5, 0.6) is 5.75 Å². The van der Waals surface area contributed by atoms with Crippen LogP contribution in [0.15, 0.2) is 60.8 Å². The molecule has 0 atom stereocenters. The van der Waals surface area contributed by atoms with Crippen LogP contribution in [-0.2, 0) is 0 Å². The lowest BCUT2D eigenvalue weighted by Crippen LogP contribution is -2.32. The van der Waals surface area contributed by atoms with Gasteiger partial charge in [0.15, 0.2) is 0 Å². The molecular formula is C21H20N2O2. The van der Waals surface area contributed by atoms with Crippen LogP contribution in [0.4, 0.5) is 5.82 Å². The van der Waals surface area contributed by atoms with Gasteiger partial charge in [-0.25, -0.2) is 9.78 Å². The molecule has 0 N–H and O–H groups in total. The van der Waals surface area contributed by atoms with Crippen LogP contribution < -0.4 is 9.64 Å². The van der Waals surface area contributed by atoms with Gasteiger partial charge >= 0.3 is 5.97 Å². The molecule has 0 saturated carbocycles. The molecule has 25 heavy (non-hydrogen) atoms. The van der Waals surface area contributed by atoms with Crippen LogP contribution in [0.1, 0.15) is 29.6 Å². The zero-order chi connectivity index (χ0) is 17.1. The lowest BCUT2D eigenvalue weighted by Gasteiger charge is -2.28. The van der Waals surface area contributed by atoms with Crippen LogP contribution in [0.3, 0.4) is 0 Å². The minimum absolute atomic E-state index is 0.357. The molecule has 0 radical (unpaired) electrons. The van der Waals surface area contributed by atoms with Crippen LogP contribution in [-0.4, -0.2) is 24.0 Å². The number of benzene rings is 2. The summed E-state index contributed by atoms with van der Waals surface area (Å²) in [6, 6.07) is 17.3. The largest absolute Gasteiger partial charge is 0.423 e. The van der Waals surface area contributed by atoms with Crippen molar-refractivity contribution in [1.29, 1.82) is 0 Å². The summed E-state index contributed by atoms with van der Waals surface area (Å²) in [6.07, 6.45) is 5.24. The van der Waals surface area contributed by atoms with E-state index in [4.69, 9.17) is 4.74 Å². The fourth-order valence-corrected chi connectivity index (χ4v) is 3.31. The highest BCUT2D eigenvalue weighted by atomic mass is 16.5. The maximum atomic E-state index is 12.7. The van der Waals surface area contributed by atoms with Crippen molar-refractivity contribution in [3.63, 3.8) is 0 Å². The molecule has 2 heterocycles. The molecule has 4 nitrogen and oxygen atoms in total. The van der Waals surface area contributed by atoms with E-state index in [1.807, 2.05) is 42.5 Å². The zero-order valence-electron chi connectivity index (χ0n) is 14.0. The molecule has 4 heteroatoms. The van der Waals surface area contributed by atoms with Gasteiger partial charge in [-0.15, -0.1) is 0 Å². The third-order valence-electron chi connectivity index (χ3n) is 4.59. The van der Waals surface area contributed by atoms with E-state index in [0.29, 0.717) is 11.3 Å². The standard InChI is InChI=1S/C21H20N2O2/c24-21(25-18-11-10-16-7-2-3-8-17(16)15-18)19-9-6-12-22-20(19)23-13-4-1-5-14-23/h2-3,6-12,15H,1,4-5,13-14H2. The molecule has 1 saturated heterocycles. The number of fused-ring (bicyclic) bond motifs is 1. The molecule has 0 unspecified atom stereocenters. The number of pyridine rings is 1. The van der Waals surface area contributed by atoms with Crippen LogP contribution in [0.25, 0.3) is 10.8 Å². The van der Waals surface area contributed by atoms with Crippen molar-refractivity contribution in [3.8, 4) is 5.75 Å². The first kappa shape index (κ1) is 15.6. The highest BCUT2D eigenvalue weighted by molar-refractivity contribution is 5.96. The topological polar surface area (TPSA) is 42.4 Å². The number of piperidine rings is 1. The van der Waals surface area contributed by atoms with Crippen molar-refractivity contribution in [2.45, 2.75) is 19.3 Å². The Labute approximate surface area is 147 Å². The number of hydrogen-bond acceptors (Lipinski definition) is 4. The molecule has 0 bridgehead atoms. The van der Waals surface area contributed by atoms with Crippen LogP contribution >= 0.6 is 0 Å². The first-order chi connectivity index (χ1) is 12.3. The average molecular weight is 332 g/mol. The Balaban J connectivity index is 1.60. The Morgan fingerprint density at radius 3 is 2.56 bits per heavy atom. The normalized spacial score (nSPS) is 14.5. The number of anilines is 1. The van der Waals surface area contributed by atoms with Gasteiger partial charge in [0, 0.05) is 19.3 Å². The molecule has 126 valence electrons. The van der Waals surface area contributed by atoms with Crippen LogP contribution in [0.2, 0.25) is 0 Å². The van der Waals surface area contributed by atoms with Crippen molar-refractivity contribution in [2.75, 3.05) is 18.0 Å². The second kappa shape index (κ2) is 6.93. The van der Waals surface area contributed by atoms with Gasteiger partial charge in [-0.05, 0) is 54.3 Å². The molecule has 4 rings (SSSR count). The Morgan fingerprint density at radius 2 is 1.72 bits per heavy atom. The van der Waals surface area contributed by atoms with E-state index in [1.165, 1.54) is 6.42 Å². The molecule has 1 fully saturated rings. The number of hydrogen-bond donors (Lipinski definition) is 0. The quantitative estimate of drug-likeness (QED) is 0.525. The Bertz CT molecular complexity index is 901. The van der Waals surface area contributed by atoms with Gasteiger partial charge in [-0.2, -0.15) is 0 Å². The van der Waals surface area contributed by atoms with Crippen molar-refractivity contribution < 1.29 is 9.53 Å². The van der Waals surface area contributed by atoms with Gasteiger partial charge < -0.3 is 9.64 Å². The number of aromatic nitrogens is 1. The third-order valence-corrected chi connectivity index (χ3v) is 4.59. The van der Waals surface area contributed by atoms with Gasteiger partial charge in [-0.1, -0.05) is 30.3 Å². The van der Waals surface area contributed by atoms with Crippen molar-refractivity contribution in [1.82, 2.24) is 4.98 Å². The summed E-state index contributed by atoms with van der Waals surface area (Å²) in [6.45, 7) is 1.88. The average Bonchev–Trinajstić information content (AvgIpc) is 2.68. The van der Waals surface area contributed by atoms with E-state index >= 15 is 0 Å². The predicted octanol–water partition coefficient (Wildman–Crippen LogP) is 4.44. The molecule has 3 aromatic rings. The molecule has 1 aliphatic heterocycles. The molecule has 2 aromatic carbocycles. The second-order valence-corrected chi connectivity index (χ2v) is 6.32. The Hall–Kier alpha value is -2.88. The summed E-state index contributed by atoms with van der Waals surface area (Å²) in [4.78, 5) is 19.3. The van der Waals surface area contributed by atoms with E-state index in [9.17, 15) is 4.79 Å². The summed E-state index contributed by atoms with van der Waals surface area (Å²) >= 11 is 0. The molecule has 1 aliphatic rings. The zero-order valence-corrected chi connectivity index (χ0v) is 14.0. The van der Waals surface area contributed by atoms with Gasteiger partial charge in [-0.3, -0.25) is 0 Å². The minimum Gasteiger partial charge on any atom is -0.423 e. The molecule has 0 amide bonds. The van der Waals surface area contributed by atoms with Gasteiger partial charge in [0.25, 0.3) is 0 Å². The highest BCUT2D eigenvalue weighted by Gasteiger charge is 2.21. The summed E-state index contributed by atoms with van der Waals surface area (Å²) < 4.78 is 5.63. The number of esters is 1. The van der Waals surface area contributed by atoms with Gasteiger partial charge in [0.05, 0.1) is 0 Å². The van der Waals surface area contributed by atoms with Crippen LogP contribution in [0, 0.1) is 0 Å². The fourth-order valence-electron chi connectivity index (χ4n) is 3.31. The summed E-state index contributed by atoms with van der Waals surface area (Å²) in [7, 11) is 0. The summed E-state index contributed by atoms with van der Waals surface area (Å²) in [5, 5.41) is 2.17. The van der Waals surface area contributed by atoms with Crippen molar-refractivity contribution in [3.05, 3.63) is 66.4 Å². The van der Waals surface area contributed by atoms with Gasteiger partial charge in [0.1, 0.15) is 17.1 Å². The molecule has 1 aromatic heterocycles. The minimum atomic E-state index is -0.357. The molecule has 0 aliphatic carbocycles. The first-order valence-electron chi connectivity index (χ1n) is 8.72. The second-order valence-electron chi connectivity index (χ2n) is 6.32. The first-order valence-corrected chi connectivity index (χ1v) is 8.72. The number of carbonyl (C=O) groups is 1. The van der Waals surface area contributed by atoms with E-state index < -0.39 is 0 Å². The van der Waals surface area contributed by atoms with Gasteiger partial charge in [0.2, 0.25) is 0 Å². The number of nitrogens with zero attached hydrogens (tertiary/aromatic N) is 2. The fraction of sp³-hybridized carbons (Fsp3) is 0.238.